The molecular weight excluding hydrogens is 314 g/mol. The van der Waals surface area contributed by atoms with Crippen LogP contribution in [0.25, 0.3) is 0 Å². The first-order chi connectivity index (χ1) is 12.1. The van der Waals surface area contributed by atoms with Crippen LogP contribution in [0.4, 0.5) is 16.2 Å². The number of anilines is 2. The molecule has 2 N–H and O–H groups in total. The van der Waals surface area contributed by atoms with Crippen molar-refractivity contribution in [1.82, 2.24) is 5.32 Å². The molecule has 0 fully saturated rings. The number of aryl methyl sites for hydroxylation is 1. The molecule has 25 heavy (non-hydrogen) atoms. The van der Waals surface area contributed by atoms with Crippen molar-refractivity contribution >= 4 is 17.4 Å². The van der Waals surface area contributed by atoms with Gasteiger partial charge in [-0.2, -0.15) is 0 Å². The first kappa shape index (κ1) is 18.6. The number of hydrogen-bond donors (Lipinski definition) is 2. The molecule has 2 rings (SSSR count). The van der Waals surface area contributed by atoms with Crippen LogP contribution in [0.3, 0.4) is 0 Å². The highest BCUT2D eigenvalue weighted by atomic mass is 16.5. The van der Waals surface area contributed by atoms with Gasteiger partial charge in [0.25, 0.3) is 0 Å². The normalized spacial score (nSPS) is 10.2. The maximum atomic E-state index is 11.9. The van der Waals surface area contributed by atoms with Crippen LogP contribution in [0.1, 0.15) is 19.4 Å². The van der Waals surface area contributed by atoms with Gasteiger partial charge in [0.15, 0.2) is 0 Å². The fourth-order valence-corrected chi connectivity index (χ4v) is 2.56. The second-order valence-corrected chi connectivity index (χ2v) is 5.77. The van der Waals surface area contributed by atoms with Crippen LogP contribution < -0.4 is 20.3 Å². The molecule has 0 saturated carbocycles. The van der Waals surface area contributed by atoms with Crippen molar-refractivity contribution in [2.75, 3.05) is 36.5 Å². The molecule has 0 atom stereocenters. The molecule has 0 unspecified atom stereocenters. The van der Waals surface area contributed by atoms with E-state index in [9.17, 15) is 4.79 Å². The van der Waals surface area contributed by atoms with Crippen LogP contribution >= 0.6 is 0 Å². The van der Waals surface area contributed by atoms with E-state index >= 15 is 0 Å². The summed E-state index contributed by atoms with van der Waals surface area (Å²) in [5.41, 5.74) is 3.08. The van der Waals surface area contributed by atoms with Gasteiger partial charge in [0.1, 0.15) is 12.4 Å². The number of carbonyl (C=O) groups excluding carboxylic acids is 1. The molecule has 2 aromatic carbocycles. The molecule has 5 heteroatoms. The number of amides is 2. The van der Waals surface area contributed by atoms with Crippen LogP contribution in [-0.2, 0) is 0 Å². The van der Waals surface area contributed by atoms with Gasteiger partial charge in [-0.05, 0) is 62.7 Å². The van der Waals surface area contributed by atoms with Crippen molar-refractivity contribution in [3.05, 3.63) is 54.1 Å². The number of carbonyl (C=O) groups is 1. The van der Waals surface area contributed by atoms with E-state index in [1.54, 1.807) is 0 Å². The van der Waals surface area contributed by atoms with Gasteiger partial charge in [-0.1, -0.05) is 12.1 Å². The van der Waals surface area contributed by atoms with Crippen LogP contribution in [0.2, 0.25) is 0 Å². The fraction of sp³-hybridized carbons (Fsp3) is 0.350. The minimum absolute atomic E-state index is 0.233. The van der Waals surface area contributed by atoms with Gasteiger partial charge >= 0.3 is 6.03 Å². The lowest BCUT2D eigenvalue weighted by Gasteiger charge is -2.21. The Morgan fingerprint density at radius 3 is 2.44 bits per heavy atom. The molecule has 2 amide bonds. The van der Waals surface area contributed by atoms with Crippen molar-refractivity contribution in [3.8, 4) is 5.75 Å². The number of benzene rings is 2. The first-order valence-electron chi connectivity index (χ1n) is 8.71. The van der Waals surface area contributed by atoms with Gasteiger partial charge in [0.05, 0.1) is 6.54 Å². The lowest BCUT2D eigenvalue weighted by Crippen LogP contribution is -2.32. The van der Waals surface area contributed by atoms with Gasteiger partial charge in [-0.3, -0.25) is 0 Å². The second kappa shape index (κ2) is 9.57. The van der Waals surface area contributed by atoms with E-state index < -0.39 is 0 Å². The van der Waals surface area contributed by atoms with Gasteiger partial charge in [0, 0.05) is 24.5 Å². The summed E-state index contributed by atoms with van der Waals surface area (Å²) in [5, 5.41) is 5.62. The number of nitrogens with one attached hydrogen (secondary N) is 2. The largest absolute Gasteiger partial charge is 0.492 e. The molecule has 0 aliphatic heterocycles. The Morgan fingerprint density at radius 1 is 1.08 bits per heavy atom. The third-order valence-corrected chi connectivity index (χ3v) is 3.90. The Bertz CT molecular complexity index is 667. The summed E-state index contributed by atoms with van der Waals surface area (Å²) in [7, 11) is 0. The Labute approximate surface area is 150 Å². The highest BCUT2D eigenvalue weighted by Gasteiger charge is 2.04. The van der Waals surface area contributed by atoms with Crippen LogP contribution in [-0.4, -0.2) is 32.3 Å². The van der Waals surface area contributed by atoms with Crippen molar-refractivity contribution in [2.45, 2.75) is 20.8 Å². The van der Waals surface area contributed by atoms with Crippen molar-refractivity contribution in [1.29, 1.82) is 0 Å². The number of hydrogen-bond acceptors (Lipinski definition) is 3. The maximum absolute atomic E-state index is 11.9. The molecule has 0 aromatic heterocycles. The molecule has 0 saturated heterocycles. The summed E-state index contributed by atoms with van der Waals surface area (Å²) in [5.74, 6) is 0.814. The van der Waals surface area contributed by atoms with Gasteiger partial charge in [-0.15, -0.1) is 0 Å². The van der Waals surface area contributed by atoms with E-state index in [2.05, 4.69) is 29.4 Å². The van der Waals surface area contributed by atoms with E-state index in [-0.39, 0.29) is 6.03 Å². The molecule has 134 valence electrons. The number of nitrogens with zero attached hydrogens (tertiary/aromatic N) is 1. The summed E-state index contributed by atoms with van der Waals surface area (Å²) < 4.78 is 5.61. The topological polar surface area (TPSA) is 53.6 Å². The molecule has 0 aliphatic carbocycles. The standard InChI is InChI=1S/C20H27N3O2/c1-4-23(5-2)18-11-9-17(10-12-18)22-20(24)21-13-14-25-19-8-6-7-16(3)15-19/h6-12,15H,4-5,13-14H2,1-3H3,(H2,21,22,24). The third-order valence-electron chi connectivity index (χ3n) is 3.90. The van der Waals surface area contributed by atoms with Crippen molar-refractivity contribution in [2.24, 2.45) is 0 Å². The van der Waals surface area contributed by atoms with Crippen LogP contribution in [0.5, 0.6) is 5.75 Å². The van der Waals surface area contributed by atoms with Crippen LogP contribution in [0.15, 0.2) is 48.5 Å². The predicted molar refractivity (Wildman–Crippen MR) is 104 cm³/mol. The molecule has 0 spiro atoms. The summed E-state index contributed by atoms with van der Waals surface area (Å²) >= 11 is 0. The predicted octanol–water partition coefficient (Wildman–Crippen LogP) is 4.04. The van der Waals surface area contributed by atoms with Gasteiger partial charge in [-0.25, -0.2) is 4.79 Å². The molecule has 2 aromatic rings. The first-order valence-corrected chi connectivity index (χ1v) is 8.71. The van der Waals surface area contributed by atoms with E-state index in [1.165, 1.54) is 0 Å². The van der Waals surface area contributed by atoms with Crippen molar-refractivity contribution < 1.29 is 9.53 Å². The van der Waals surface area contributed by atoms with Crippen LogP contribution in [0, 0.1) is 6.92 Å². The van der Waals surface area contributed by atoms with E-state index in [4.69, 9.17) is 4.74 Å². The minimum atomic E-state index is -0.233. The zero-order valence-electron chi connectivity index (χ0n) is 15.2. The Balaban J connectivity index is 1.73. The summed E-state index contributed by atoms with van der Waals surface area (Å²) in [4.78, 5) is 14.2. The Hall–Kier alpha value is -2.69. The quantitative estimate of drug-likeness (QED) is 0.713. The molecule has 0 heterocycles. The maximum Gasteiger partial charge on any atom is 0.319 e. The summed E-state index contributed by atoms with van der Waals surface area (Å²) in [6.07, 6.45) is 0. The summed E-state index contributed by atoms with van der Waals surface area (Å²) in [6.45, 7) is 9.07. The number of ether oxygens (including phenoxy) is 1. The highest BCUT2D eigenvalue weighted by Crippen LogP contribution is 2.17. The Kier molecular flexibility index (Phi) is 7.14. The molecule has 5 nitrogen and oxygen atoms in total. The second-order valence-electron chi connectivity index (χ2n) is 5.77. The third kappa shape index (κ3) is 6.03. The lowest BCUT2D eigenvalue weighted by molar-refractivity contribution is 0.247. The van der Waals surface area contributed by atoms with Gasteiger partial charge < -0.3 is 20.3 Å². The SMILES string of the molecule is CCN(CC)c1ccc(NC(=O)NCCOc2cccc(C)c2)cc1. The fourth-order valence-electron chi connectivity index (χ4n) is 2.56. The molecular formula is C20H27N3O2. The zero-order valence-corrected chi connectivity index (χ0v) is 15.2. The van der Waals surface area contributed by atoms with E-state index in [0.29, 0.717) is 13.2 Å². The number of urea groups is 1. The zero-order chi connectivity index (χ0) is 18.1. The molecule has 0 bridgehead atoms. The number of rotatable bonds is 8. The molecule has 0 radical (unpaired) electrons. The van der Waals surface area contributed by atoms with E-state index in [1.807, 2.05) is 55.5 Å². The van der Waals surface area contributed by atoms with E-state index in [0.717, 1.165) is 35.8 Å². The Morgan fingerprint density at radius 2 is 1.80 bits per heavy atom. The van der Waals surface area contributed by atoms with Gasteiger partial charge in [0.2, 0.25) is 0 Å². The lowest BCUT2D eigenvalue weighted by atomic mass is 10.2. The summed E-state index contributed by atoms with van der Waals surface area (Å²) in [6, 6.07) is 15.5. The van der Waals surface area contributed by atoms with Crippen molar-refractivity contribution in [3.63, 3.8) is 0 Å². The minimum Gasteiger partial charge on any atom is -0.492 e. The monoisotopic (exact) mass is 341 g/mol. The average Bonchev–Trinajstić information content (AvgIpc) is 2.61. The molecule has 0 aliphatic rings. The average molecular weight is 341 g/mol. The highest BCUT2D eigenvalue weighted by molar-refractivity contribution is 5.89. The smallest absolute Gasteiger partial charge is 0.319 e.